The lowest BCUT2D eigenvalue weighted by molar-refractivity contribution is -0.112. The van der Waals surface area contributed by atoms with Crippen molar-refractivity contribution in [3.63, 3.8) is 0 Å². The van der Waals surface area contributed by atoms with Gasteiger partial charge in [0.2, 0.25) is 5.91 Å². The number of rotatable bonds is 8. The van der Waals surface area contributed by atoms with E-state index in [2.05, 4.69) is 11.9 Å². The predicted molar refractivity (Wildman–Crippen MR) is 138 cm³/mol. The number of phenolic OH excluding ortho intramolecular Hbond substituents is 1. The van der Waals surface area contributed by atoms with Crippen LogP contribution in [0.4, 0.5) is 0 Å². The van der Waals surface area contributed by atoms with Crippen molar-refractivity contribution < 1.29 is 19.4 Å². The number of phenols is 1. The van der Waals surface area contributed by atoms with E-state index in [0.717, 1.165) is 37.2 Å². The fourth-order valence-electron chi connectivity index (χ4n) is 4.16. The van der Waals surface area contributed by atoms with E-state index < -0.39 is 5.91 Å². The highest BCUT2D eigenvalue weighted by atomic mass is 16.5. The molecule has 0 radical (unpaired) electrons. The number of hydrogen-bond donors (Lipinski definition) is 2. The summed E-state index contributed by atoms with van der Waals surface area (Å²) in [5.41, 5.74) is 8.11. The summed E-state index contributed by atoms with van der Waals surface area (Å²) in [4.78, 5) is 14.6. The molecule has 3 aromatic carbocycles. The van der Waals surface area contributed by atoms with Gasteiger partial charge in [-0.2, -0.15) is 5.26 Å². The van der Waals surface area contributed by atoms with Crippen LogP contribution in [0.3, 0.4) is 0 Å². The Hall–Kier alpha value is -4.28. The van der Waals surface area contributed by atoms with E-state index in [-0.39, 0.29) is 29.6 Å². The number of nitrogens with two attached hydrogens (primary N) is 1. The van der Waals surface area contributed by atoms with Gasteiger partial charge in [-0.05, 0) is 79.1 Å². The molecule has 3 N–H and O–H groups in total. The number of nitriles is 1. The molecule has 0 atom stereocenters. The number of likely N-dealkylation sites (tertiary alicyclic amines) is 1. The molecular weight excluding hydrogens is 454 g/mol. The Kier molecular flexibility index (Phi) is 7.89. The minimum atomic E-state index is -0.610. The first-order chi connectivity index (χ1) is 17.4. The van der Waals surface area contributed by atoms with Crippen LogP contribution >= 0.6 is 0 Å². The summed E-state index contributed by atoms with van der Waals surface area (Å²) < 4.78 is 12.1. The van der Waals surface area contributed by atoms with Crippen molar-refractivity contribution in [1.82, 2.24) is 4.90 Å². The van der Waals surface area contributed by atoms with Gasteiger partial charge in [0.25, 0.3) is 0 Å². The Balaban J connectivity index is 1.47. The van der Waals surface area contributed by atoms with E-state index in [4.69, 9.17) is 20.5 Å². The second kappa shape index (κ2) is 11.4. The Morgan fingerprint density at radius 2 is 1.81 bits per heavy atom. The second-order valence-corrected chi connectivity index (χ2v) is 8.85. The molecule has 1 saturated heterocycles. The van der Waals surface area contributed by atoms with Crippen molar-refractivity contribution in [1.29, 1.82) is 5.26 Å². The molecule has 36 heavy (non-hydrogen) atoms. The van der Waals surface area contributed by atoms with E-state index in [1.54, 1.807) is 18.2 Å². The van der Waals surface area contributed by atoms with Gasteiger partial charge in [0.05, 0.1) is 5.56 Å². The normalized spacial score (nSPS) is 14.7. The Morgan fingerprint density at radius 3 is 2.47 bits per heavy atom. The highest BCUT2D eigenvalue weighted by molar-refractivity contribution is 6.23. The highest BCUT2D eigenvalue weighted by Crippen LogP contribution is 2.27. The van der Waals surface area contributed by atoms with Gasteiger partial charge < -0.3 is 25.2 Å². The number of aromatic hydroxyl groups is 1. The monoisotopic (exact) mass is 483 g/mol. The van der Waals surface area contributed by atoms with Gasteiger partial charge in [-0.3, -0.25) is 4.79 Å². The first-order valence-corrected chi connectivity index (χ1v) is 11.8. The minimum Gasteiger partial charge on any atom is -0.507 e. The molecule has 184 valence electrons. The zero-order valence-electron chi connectivity index (χ0n) is 20.2. The molecule has 7 nitrogen and oxygen atoms in total. The Morgan fingerprint density at radius 1 is 1.11 bits per heavy atom. The quantitative estimate of drug-likeness (QED) is 0.364. The van der Waals surface area contributed by atoms with Crippen LogP contribution in [0.25, 0.3) is 11.6 Å². The lowest BCUT2D eigenvalue weighted by Gasteiger charge is -2.29. The smallest absolute Gasteiger partial charge is 0.249 e. The maximum atomic E-state index is 12.3. The SMILES string of the molecule is CN1CCC(Oc2ccc(OCc3ccccc3/C(=C\c3ccc(C#N)c(O)c3)C(N)=O)cc2)CC1. The number of hydrogen-bond acceptors (Lipinski definition) is 6. The van der Waals surface area contributed by atoms with E-state index >= 15 is 0 Å². The highest BCUT2D eigenvalue weighted by Gasteiger charge is 2.18. The molecule has 7 heteroatoms. The van der Waals surface area contributed by atoms with Crippen LogP contribution < -0.4 is 15.2 Å². The van der Waals surface area contributed by atoms with Gasteiger partial charge in [-0.25, -0.2) is 0 Å². The Bertz CT molecular complexity index is 1290. The number of benzene rings is 3. The van der Waals surface area contributed by atoms with Crippen LogP contribution in [0.1, 0.15) is 35.1 Å². The first-order valence-electron chi connectivity index (χ1n) is 11.8. The molecule has 4 rings (SSSR count). The van der Waals surface area contributed by atoms with Gasteiger partial charge in [-0.1, -0.05) is 30.3 Å². The van der Waals surface area contributed by atoms with Crippen molar-refractivity contribution in [2.45, 2.75) is 25.6 Å². The molecule has 1 fully saturated rings. The summed E-state index contributed by atoms with van der Waals surface area (Å²) in [5, 5.41) is 19.0. The number of piperidine rings is 1. The van der Waals surface area contributed by atoms with Crippen LogP contribution in [0.2, 0.25) is 0 Å². The van der Waals surface area contributed by atoms with Gasteiger partial charge in [0, 0.05) is 18.7 Å². The number of primary amides is 1. The van der Waals surface area contributed by atoms with Crippen molar-refractivity contribution in [2.75, 3.05) is 20.1 Å². The molecule has 1 amide bonds. The van der Waals surface area contributed by atoms with Crippen molar-refractivity contribution in [3.05, 3.63) is 89.0 Å². The fourth-order valence-corrected chi connectivity index (χ4v) is 4.16. The molecule has 1 aliphatic rings. The van der Waals surface area contributed by atoms with E-state index in [1.165, 1.54) is 12.1 Å². The van der Waals surface area contributed by atoms with Crippen LogP contribution in [0.15, 0.2) is 66.7 Å². The first kappa shape index (κ1) is 24.8. The number of carbonyl (C=O) groups is 1. The summed E-state index contributed by atoms with van der Waals surface area (Å²) in [6, 6.07) is 21.4. The number of ether oxygens (including phenoxy) is 2. The standard InChI is InChI=1S/C29H29N3O4/c1-32-14-12-25(13-15-32)36-24-10-8-23(9-11-24)35-19-22-4-2-3-5-26(22)27(29(31)34)16-20-6-7-21(18-30)28(33)17-20/h2-11,16-17,25,33H,12-15,19H2,1H3,(H2,31,34)/b27-16+. The topological polar surface area (TPSA) is 109 Å². The lowest BCUT2D eigenvalue weighted by atomic mass is 9.97. The number of nitrogens with zero attached hydrogens (tertiary/aromatic N) is 2. The number of carbonyl (C=O) groups excluding carboxylic acids is 1. The van der Waals surface area contributed by atoms with Crippen molar-refractivity contribution >= 4 is 17.6 Å². The van der Waals surface area contributed by atoms with Crippen molar-refractivity contribution in [2.24, 2.45) is 5.73 Å². The van der Waals surface area contributed by atoms with E-state index in [1.807, 2.05) is 48.5 Å². The average Bonchev–Trinajstić information content (AvgIpc) is 2.88. The van der Waals surface area contributed by atoms with Crippen LogP contribution in [0.5, 0.6) is 17.2 Å². The van der Waals surface area contributed by atoms with Crippen molar-refractivity contribution in [3.8, 4) is 23.3 Å². The average molecular weight is 484 g/mol. The summed E-state index contributed by atoms with van der Waals surface area (Å²) in [6.07, 6.45) is 3.86. The molecular formula is C29H29N3O4. The molecule has 1 aliphatic heterocycles. The fraction of sp³-hybridized carbons (Fsp3) is 0.241. The maximum absolute atomic E-state index is 12.3. The maximum Gasteiger partial charge on any atom is 0.249 e. The number of amides is 1. The minimum absolute atomic E-state index is 0.157. The summed E-state index contributed by atoms with van der Waals surface area (Å²) in [6.45, 7) is 2.31. The largest absolute Gasteiger partial charge is 0.507 e. The molecule has 1 heterocycles. The molecule has 0 spiro atoms. The zero-order valence-corrected chi connectivity index (χ0v) is 20.2. The third-order valence-electron chi connectivity index (χ3n) is 6.21. The van der Waals surface area contributed by atoms with Crippen LogP contribution in [0, 0.1) is 11.3 Å². The summed E-state index contributed by atoms with van der Waals surface area (Å²) in [7, 11) is 2.13. The molecule has 0 saturated carbocycles. The molecule has 0 bridgehead atoms. The van der Waals surface area contributed by atoms with Gasteiger partial charge in [0.1, 0.15) is 36.0 Å². The van der Waals surface area contributed by atoms with Crippen LogP contribution in [-0.2, 0) is 11.4 Å². The third kappa shape index (κ3) is 6.23. The Labute approximate surface area is 211 Å². The van der Waals surface area contributed by atoms with E-state index in [9.17, 15) is 9.90 Å². The van der Waals surface area contributed by atoms with Crippen LogP contribution in [-0.4, -0.2) is 42.2 Å². The predicted octanol–water partition coefficient (Wildman–Crippen LogP) is 4.34. The van der Waals surface area contributed by atoms with Gasteiger partial charge in [0.15, 0.2) is 0 Å². The third-order valence-corrected chi connectivity index (χ3v) is 6.21. The summed E-state index contributed by atoms with van der Waals surface area (Å²) in [5.74, 6) is 0.737. The second-order valence-electron chi connectivity index (χ2n) is 8.85. The summed E-state index contributed by atoms with van der Waals surface area (Å²) >= 11 is 0. The molecule has 0 unspecified atom stereocenters. The molecule has 0 aliphatic carbocycles. The van der Waals surface area contributed by atoms with Gasteiger partial charge in [-0.15, -0.1) is 0 Å². The van der Waals surface area contributed by atoms with E-state index in [0.29, 0.717) is 16.9 Å². The zero-order chi connectivity index (χ0) is 25.5. The molecule has 0 aromatic heterocycles. The lowest BCUT2D eigenvalue weighted by Crippen LogP contribution is -2.35. The molecule has 3 aromatic rings. The van der Waals surface area contributed by atoms with Gasteiger partial charge >= 0.3 is 0 Å².